The summed E-state index contributed by atoms with van der Waals surface area (Å²) in [4.78, 5) is 28.7. The van der Waals surface area contributed by atoms with Gasteiger partial charge in [0.25, 0.3) is 6.47 Å². The molecule has 0 aliphatic heterocycles. The molecular formula is C32H40N6O3S2. The van der Waals surface area contributed by atoms with Gasteiger partial charge in [0.05, 0.1) is 11.0 Å². The lowest BCUT2D eigenvalue weighted by atomic mass is 10.1. The minimum atomic E-state index is -0.278. The summed E-state index contributed by atoms with van der Waals surface area (Å²) in [5, 5.41) is 9.93. The molecule has 6 N–H and O–H groups in total. The van der Waals surface area contributed by atoms with Gasteiger partial charge in [-0.05, 0) is 101 Å². The molecule has 0 saturated carbocycles. The molecule has 3 aromatic carbocycles. The Bertz CT molecular complexity index is 1480. The van der Waals surface area contributed by atoms with Crippen molar-refractivity contribution in [3.8, 4) is 21.0 Å². The maximum Gasteiger partial charge on any atom is 0.319 e. The Labute approximate surface area is 262 Å². The topological polar surface area (TPSA) is 130 Å². The van der Waals surface area contributed by atoms with Crippen LogP contribution in [0.15, 0.2) is 77.8 Å². The first kappa shape index (κ1) is 33.4. The molecule has 0 aliphatic rings. The van der Waals surface area contributed by atoms with E-state index in [4.69, 9.17) is 5.73 Å². The van der Waals surface area contributed by atoms with Crippen molar-refractivity contribution in [3.05, 3.63) is 78.5 Å². The third kappa shape index (κ3) is 11.3. The predicted octanol–water partition coefficient (Wildman–Crippen LogP) is 7.39. The summed E-state index contributed by atoms with van der Waals surface area (Å²) in [6.07, 6.45) is 1.94. The first-order valence-corrected chi connectivity index (χ1v) is 15.4. The number of nitrogens with zero attached hydrogens (tertiary/aromatic N) is 1. The maximum atomic E-state index is 12.6. The third-order valence-corrected chi connectivity index (χ3v) is 7.98. The van der Waals surface area contributed by atoms with Crippen molar-refractivity contribution in [1.29, 1.82) is 0 Å². The van der Waals surface area contributed by atoms with Crippen molar-refractivity contribution in [1.82, 2.24) is 15.0 Å². The highest BCUT2D eigenvalue weighted by Gasteiger charge is 2.16. The van der Waals surface area contributed by atoms with Crippen LogP contribution < -0.4 is 26.4 Å². The van der Waals surface area contributed by atoms with Gasteiger partial charge in [-0.25, -0.2) is 9.78 Å². The van der Waals surface area contributed by atoms with Crippen molar-refractivity contribution in [3.63, 3.8) is 0 Å². The zero-order valence-corrected chi connectivity index (χ0v) is 27.0. The van der Waals surface area contributed by atoms with Crippen molar-refractivity contribution in [2.75, 3.05) is 23.4 Å². The SMILES string of the molecule is CC(C)OC=O.CNc1ccc(-c2ncc(-c3ccc(NC(=O)NCc4cccc(N)c4)cc3SNC(C)(C)C)s2)cc1. The van der Waals surface area contributed by atoms with E-state index >= 15 is 0 Å². The molecule has 1 heterocycles. The van der Waals surface area contributed by atoms with Gasteiger partial charge < -0.3 is 26.4 Å². The Kier molecular flexibility index (Phi) is 12.4. The third-order valence-electron chi connectivity index (χ3n) is 5.63. The van der Waals surface area contributed by atoms with Crippen LogP contribution in [0, 0.1) is 0 Å². The molecule has 2 amide bonds. The molecule has 0 aliphatic carbocycles. The lowest BCUT2D eigenvalue weighted by Gasteiger charge is -2.21. The van der Waals surface area contributed by atoms with Crippen LogP contribution in [0.25, 0.3) is 21.0 Å². The average molecular weight is 621 g/mol. The van der Waals surface area contributed by atoms with Crippen LogP contribution in [-0.4, -0.2) is 36.2 Å². The van der Waals surface area contributed by atoms with Gasteiger partial charge >= 0.3 is 6.03 Å². The highest BCUT2D eigenvalue weighted by molar-refractivity contribution is 7.97. The first-order chi connectivity index (χ1) is 20.5. The zero-order chi connectivity index (χ0) is 31.4. The van der Waals surface area contributed by atoms with Gasteiger partial charge in [0.15, 0.2) is 0 Å². The van der Waals surface area contributed by atoms with E-state index in [-0.39, 0.29) is 17.7 Å². The number of urea groups is 1. The van der Waals surface area contributed by atoms with Crippen LogP contribution in [0.2, 0.25) is 0 Å². The van der Waals surface area contributed by atoms with Gasteiger partial charge in [-0.2, -0.15) is 0 Å². The fourth-order valence-electron chi connectivity index (χ4n) is 3.58. The highest BCUT2D eigenvalue weighted by atomic mass is 32.2. The van der Waals surface area contributed by atoms with E-state index < -0.39 is 0 Å². The van der Waals surface area contributed by atoms with E-state index in [0.717, 1.165) is 37.2 Å². The Morgan fingerprint density at radius 3 is 2.40 bits per heavy atom. The summed E-state index contributed by atoms with van der Waals surface area (Å²) in [5.74, 6) is 0. The van der Waals surface area contributed by atoms with Crippen molar-refractivity contribution < 1.29 is 14.3 Å². The van der Waals surface area contributed by atoms with Crippen LogP contribution in [0.3, 0.4) is 0 Å². The zero-order valence-electron chi connectivity index (χ0n) is 25.4. The van der Waals surface area contributed by atoms with Crippen molar-refractivity contribution in [2.24, 2.45) is 0 Å². The summed E-state index contributed by atoms with van der Waals surface area (Å²) in [7, 11) is 1.91. The van der Waals surface area contributed by atoms with Crippen molar-refractivity contribution in [2.45, 2.75) is 57.7 Å². The van der Waals surface area contributed by atoms with E-state index in [9.17, 15) is 9.59 Å². The van der Waals surface area contributed by atoms with Gasteiger partial charge in [0, 0.05) is 58.4 Å². The normalized spacial score (nSPS) is 10.9. The number of nitrogens with one attached hydrogen (secondary N) is 4. The number of hydrogen-bond acceptors (Lipinski definition) is 9. The lowest BCUT2D eigenvalue weighted by molar-refractivity contribution is -0.131. The van der Waals surface area contributed by atoms with Crippen LogP contribution in [0.1, 0.15) is 40.2 Å². The molecule has 0 fully saturated rings. The molecule has 0 atom stereocenters. The monoisotopic (exact) mass is 620 g/mol. The maximum absolute atomic E-state index is 12.6. The van der Waals surface area contributed by atoms with Gasteiger partial charge in [0.1, 0.15) is 5.01 Å². The van der Waals surface area contributed by atoms with Crippen LogP contribution in [-0.2, 0) is 16.1 Å². The van der Waals surface area contributed by atoms with Gasteiger partial charge in [-0.15, -0.1) is 11.3 Å². The van der Waals surface area contributed by atoms with Crippen LogP contribution >= 0.6 is 23.3 Å². The second-order valence-electron chi connectivity index (χ2n) is 10.9. The van der Waals surface area contributed by atoms with Crippen LogP contribution in [0.5, 0.6) is 0 Å². The smallest absolute Gasteiger partial charge is 0.319 e. The van der Waals surface area contributed by atoms with E-state index in [1.54, 1.807) is 37.1 Å². The molecule has 1 aromatic heterocycles. The number of aromatic nitrogens is 1. The number of rotatable bonds is 10. The second kappa shape index (κ2) is 16.0. The Morgan fingerprint density at radius 1 is 1.07 bits per heavy atom. The number of hydrogen-bond donors (Lipinski definition) is 5. The minimum Gasteiger partial charge on any atom is -0.465 e. The number of benzene rings is 3. The average Bonchev–Trinajstić information content (AvgIpc) is 3.45. The van der Waals surface area contributed by atoms with E-state index in [0.29, 0.717) is 24.4 Å². The largest absolute Gasteiger partial charge is 0.465 e. The molecule has 0 unspecified atom stereocenters. The summed E-state index contributed by atoms with van der Waals surface area (Å²) in [5.41, 5.74) is 11.3. The molecule has 228 valence electrons. The van der Waals surface area contributed by atoms with Gasteiger partial charge in [0.2, 0.25) is 0 Å². The Balaban J connectivity index is 0.000000765. The Morgan fingerprint density at radius 2 is 1.79 bits per heavy atom. The van der Waals surface area contributed by atoms with Crippen LogP contribution in [0.4, 0.5) is 21.9 Å². The molecule has 0 spiro atoms. The molecule has 0 bridgehead atoms. The number of ether oxygens (including phenoxy) is 1. The molecule has 4 rings (SSSR count). The summed E-state index contributed by atoms with van der Waals surface area (Å²) < 4.78 is 7.85. The number of amides is 2. The lowest BCUT2D eigenvalue weighted by Crippen LogP contribution is -2.30. The first-order valence-electron chi connectivity index (χ1n) is 13.8. The second-order valence-corrected chi connectivity index (χ2v) is 12.7. The molecule has 0 radical (unpaired) electrons. The number of thiazole rings is 1. The van der Waals surface area contributed by atoms with E-state index in [2.05, 4.69) is 63.3 Å². The number of anilines is 3. The number of nitrogen functional groups attached to an aromatic ring is 1. The summed E-state index contributed by atoms with van der Waals surface area (Å²) in [6, 6.07) is 21.3. The minimum absolute atomic E-state index is 0.0301. The van der Waals surface area contributed by atoms with Gasteiger partial charge in [-0.3, -0.25) is 9.52 Å². The molecule has 4 aromatic rings. The fourth-order valence-corrected chi connectivity index (χ4v) is 5.50. The molecular weight excluding hydrogens is 581 g/mol. The highest BCUT2D eigenvalue weighted by Crippen LogP contribution is 2.38. The summed E-state index contributed by atoms with van der Waals surface area (Å²) >= 11 is 3.19. The number of carbonyl (C=O) groups excluding carboxylic acids is 2. The van der Waals surface area contributed by atoms with Crippen molar-refractivity contribution >= 4 is 52.9 Å². The molecule has 9 nitrogen and oxygen atoms in total. The number of carbonyl (C=O) groups is 2. The molecule has 0 saturated heterocycles. The van der Waals surface area contributed by atoms with E-state index in [1.807, 2.05) is 67.8 Å². The number of nitrogens with two attached hydrogens (primary N) is 1. The summed E-state index contributed by atoms with van der Waals surface area (Å²) in [6.45, 7) is 10.8. The molecule has 11 heteroatoms. The van der Waals surface area contributed by atoms with Gasteiger partial charge in [-0.1, -0.05) is 18.2 Å². The Hall–Kier alpha value is -4.06. The molecule has 43 heavy (non-hydrogen) atoms. The predicted molar refractivity (Wildman–Crippen MR) is 180 cm³/mol. The quantitative estimate of drug-likeness (QED) is 0.0705. The van der Waals surface area contributed by atoms with E-state index in [1.165, 1.54) is 0 Å². The fraction of sp³-hybridized carbons (Fsp3) is 0.281. The standard InChI is InChI=1S/C28H32N6OS2.C4H8O2/c1-28(2,3)34-37-24-15-22(33-27(35)32-16-18-6-5-7-20(29)14-18)12-13-23(24)25-17-31-26(36-25)19-8-10-21(30-4)11-9-19;1-4(2)6-3-5/h5-15,17,30,34H,16,29H2,1-4H3,(H2,32,33,35);3-4H,1-2H3.